The zero-order valence-electron chi connectivity index (χ0n) is 10.8. The second kappa shape index (κ2) is 3.93. The number of nitriles is 1. The minimum Gasteiger partial charge on any atom is -0.309 e. The van der Waals surface area contributed by atoms with E-state index < -0.39 is 0 Å². The minimum absolute atomic E-state index is 0.118. The predicted molar refractivity (Wildman–Crippen MR) is 69.4 cm³/mol. The van der Waals surface area contributed by atoms with Gasteiger partial charge in [0.2, 0.25) is 0 Å². The fraction of sp³-hybridized carbons (Fsp3) is 0.667. The lowest BCUT2D eigenvalue weighted by molar-refractivity contribution is -0.00573. The Hall–Kier alpha value is -1.63. The molecule has 0 amide bonds. The molecule has 4 heteroatoms. The summed E-state index contributed by atoms with van der Waals surface area (Å²) in [6, 6.07) is 1.88. The van der Waals surface area contributed by atoms with Crippen LogP contribution in [0.3, 0.4) is 0 Å². The van der Waals surface area contributed by atoms with Gasteiger partial charge >= 0.3 is 0 Å². The van der Waals surface area contributed by atoms with Crippen molar-refractivity contribution in [1.29, 1.82) is 5.26 Å². The fourth-order valence-corrected chi connectivity index (χ4v) is 5.03. The zero-order valence-corrected chi connectivity index (χ0v) is 10.8. The topological polar surface area (TPSA) is 69.5 Å². The van der Waals surface area contributed by atoms with Gasteiger partial charge < -0.3 is 4.98 Å². The Labute approximate surface area is 111 Å². The molecule has 98 valence electrons. The average Bonchev–Trinajstić information content (AvgIpc) is 2.37. The highest BCUT2D eigenvalue weighted by molar-refractivity contribution is 5.23. The van der Waals surface area contributed by atoms with Gasteiger partial charge in [-0.1, -0.05) is 0 Å². The Balaban J connectivity index is 1.71. The van der Waals surface area contributed by atoms with Gasteiger partial charge in [0.1, 0.15) is 17.5 Å². The Kier molecular flexibility index (Phi) is 2.32. The Morgan fingerprint density at radius 2 is 1.79 bits per heavy atom. The fourth-order valence-electron chi connectivity index (χ4n) is 5.03. The third kappa shape index (κ3) is 1.64. The normalized spacial score (nSPS) is 39.2. The molecule has 0 aliphatic heterocycles. The molecule has 5 rings (SSSR count). The highest BCUT2D eigenvalue weighted by Crippen LogP contribution is 2.59. The number of nitrogens with one attached hydrogen (secondary N) is 1. The van der Waals surface area contributed by atoms with Crippen molar-refractivity contribution in [1.82, 2.24) is 9.97 Å². The van der Waals surface area contributed by atoms with Crippen LogP contribution in [0.15, 0.2) is 11.0 Å². The van der Waals surface area contributed by atoms with Crippen molar-refractivity contribution in [3.05, 3.63) is 27.9 Å². The van der Waals surface area contributed by atoms with Crippen LogP contribution in [0.2, 0.25) is 0 Å². The maximum absolute atomic E-state index is 11.8. The maximum atomic E-state index is 11.8. The number of hydrogen-bond donors (Lipinski definition) is 1. The first-order valence-electron chi connectivity index (χ1n) is 7.24. The highest BCUT2D eigenvalue weighted by atomic mass is 16.1. The van der Waals surface area contributed by atoms with Crippen LogP contribution in [0.25, 0.3) is 0 Å². The molecule has 1 heterocycles. The lowest BCUT2D eigenvalue weighted by Crippen LogP contribution is -2.44. The van der Waals surface area contributed by atoms with Crippen molar-refractivity contribution in [2.75, 3.05) is 0 Å². The van der Waals surface area contributed by atoms with Crippen molar-refractivity contribution in [2.45, 2.75) is 38.0 Å². The summed E-state index contributed by atoms with van der Waals surface area (Å²) in [5, 5.41) is 8.81. The summed E-state index contributed by atoms with van der Waals surface area (Å²) in [5.41, 5.74) is -0.158. The van der Waals surface area contributed by atoms with Crippen molar-refractivity contribution in [2.24, 2.45) is 23.7 Å². The summed E-state index contributed by atoms with van der Waals surface area (Å²) < 4.78 is 0. The highest BCUT2D eigenvalue weighted by Gasteiger charge is 2.49. The number of aromatic nitrogens is 2. The molecule has 4 fully saturated rings. The van der Waals surface area contributed by atoms with E-state index >= 15 is 0 Å². The van der Waals surface area contributed by atoms with E-state index in [1.165, 1.54) is 38.3 Å². The lowest BCUT2D eigenvalue weighted by atomic mass is 9.51. The van der Waals surface area contributed by atoms with E-state index in [1.807, 2.05) is 6.07 Å². The van der Waals surface area contributed by atoms with Gasteiger partial charge in [-0.3, -0.25) is 4.79 Å². The van der Waals surface area contributed by atoms with E-state index in [0.29, 0.717) is 17.8 Å². The molecule has 4 bridgehead atoms. The molecule has 4 aliphatic rings. The molecule has 1 aromatic heterocycles. The first-order chi connectivity index (χ1) is 9.24. The quantitative estimate of drug-likeness (QED) is 0.836. The van der Waals surface area contributed by atoms with Gasteiger partial charge in [-0.15, -0.1) is 0 Å². The van der Waals surface area contributed by atoms with Gasteiger partial charge in [0.05, 0.1) is 6.20 Å². The third-order valence-corrected chi connectivity index (χ3v) is 5.48. The lowest BCUT2D eigenvalue weighted by Gasteiger charge is -2.53. The Morgan fingerprint density at radius 3 is 2.32 bits per heavy atom. The van der Waals surface area contributed by atoms with E-state index in [0.717, 1.165) is 17.7 Å². The number of hydrogen-bond acceptors (Lipinski definition) is 3. The molecule has 0 saturated heterocycles. The predicted octanol–water partition coefficient (Wildman–Crippen LogP) is 2.18. The molecule has 19 heavy (non-hydrogen) atoms. The van der Waals surface area contributed by atoms with Crippen molar-refractivity contribution < 1.29 is 0 Å². The van der Waals surface area contributed by atoms with Crippen LogP contribution >= 0.6 is 0 Å². The summed E-state index contributed by atoms with van der Waals surface area (Å²) in [7, 11) is 0. The standard InChI is InChI=1S/C15H17N3O/c16-6-12-7-17-14(18-15(12)19)13-10-2-8-1-9(4-10)5-11(13)3-8/h7-11,13H,1-5H2,(H,17,18,19). The van der Waals surface area contributed by atoms with Gasteiger partial charge in [0, 0.05) is 5.92 Å². The van der Waals surface area contributed by atoms with Crippen LogP contribution in [-0.4, -0.2) is 9.97 Å². The number of H-pyrrole nitrogens is 1. The minimum atomic E-state index is -0.277. The largest absolute Gasteiger partial charge is 0.309 e. The van der Waals surface area contributed by atoms with Gasteiger partial charge in [0.25, 0.3) is 5.56 Å². The van der Waals surface area contributed by atoms with E-state index in [9.17, 15) is 4.79 Å². The van der Waals surface area contributed by atoms with Crippen LogP contribution in [0.5, 0.6) is 0 Å². The SMILES string of the molecule is N#Cc1cnc(C2C3CC4CC(C3)CC2C4)[nH]c1=O. The van der Waals surface area contributed by atoms with E-state index in [2.05, 4.69) is 9.97 Å². The summed E-state index contributed by atoms with van der Waals surface area (Å²) in [4.78, 5) is 19.0. The number of rotatable bonds is 1. The first kappa shape index (κ1) is 11.2. The summed E-state index contributed by atoms with van der Waals surface area (Å²) >= 11 is 0. The molecule has 0 radical (unpaired) electrons. The average molecular weight is 255 g/mol. The summed E-state index contributed by atoms with van der Waals surface area (Å²) in [6.07, 6.45) is 8.10. The van der Waals surface area contributed by atoms with Crippen molar-refractivity contribution in [3.8, 4) is 6.07 Å². The molecular weight excluding hydrogens is 238 g/mol. The van der Waals surface area contributed by atoms with Gasteiger partial charge in [0.15, 0.2) is 0 Å². The summed E-state index contributed by atoms with van der Waals surface area (Å²) in [6.45, 7) is 0. The molecule has 0 unspecified atom stereocenters. The van der Waals surface area contributed by atoms with E-state index in [-0.39, 0.29) is 11.1 Å². The van der Waals surface area contributed by atoms with Crippen LogP contribution in [0.4, 0.5) is 0 Å². The monoisotopic (exact) mass is 255 g/mol. The third-order valence-electron chi connectivity index (χ3n) is 5.48. The molecule has 0 spiro atoms. The van der Waals surface area contributed by atoms with Crippen LogP contribution < -0.4 is 5.56 Å². The molecule has 0 atom stereocenters. The Morgan fingerprint density at radius 1 is 1.16 bits per heavy atom. The maximum Gasteiger partial charge on any atom is 0.268 e. The van der Waals surface area contributed by atoms with Crippen molar-refractivity contribution >= 4 is 0 Å². The van der Waals surface area contributed by atoms with Gasteiger partial charge in [-0.05, 0) is 55.8 Å². The van der Waals surface area contributed by atoms with Gasteiger partial charge in [-0.25, -0.2) is 4.98 Å². The van der Waals surface area contributed by atoms with Crippen LogP contribution in [0, 0.1) is 35.0 Å². The van der Waals surface area contributed by atoms with Crippen molar-refractivity contribution in [3.63, 3.8) is 0 Å². The van der Waals surface area contributed by atoms with Crippen LogP contribution in [0.1, 0.15) is 49.4 Å². The van der Waals surface area contributed by atoms with E-state index in [1.54, 1.807) is 0 Å². The van der Waals surface area contributed by atoms with Crippen LogP contribution in [-0.2, 0) is 0 Å². The van der Waals surface area contributed by atoms with E-state index in [4.69, 9.17) is 5.26 Å². The first-order valence-corrected chi connectivity index (χ1v) is 7.24. The number of nitrogens with zero attached hydrogens (tertiary/aromatic N) is 2. The molecular formula is C15H17N3O. The number of aromatic amines is 1. The molecule has 4 aliphatic carbocycles. The van der Waals surface area contributed by atoms with Gasteiger partial charge in [-0.2, -0.15) is 5.26 Å². The smallest absolute Gasteiger partial charge is 0.268 e. The molecule has 0 aromatic carbocycles. The summed E-state index contributed by atoms with van der Waals surface area (Å²) in [5.74, 6) is 4.50. The molecule has 1 aromatic rings. The molecule has 1 N–H and O–H groups in total. The Bertz CT molecular complexity index is 585. The second-order valence-corrected chi connectivity index (χ2v) is 6.58. The molecule has 4 saturated carbocycles. The zero-order chi connectivity index (χ0) is 13.0. The second-order valence-electron chi connectivity index (χ2n) is 6.58. The molecule has 4 nitrogen and oxygen atoms in total.